The van der Waals surface area contributed by atoms with Gasteiger partial charge in [0.05, 0.1) is 6.33 Å². The summed E-state index contributed by atoms with van der Waals surface area (Å²) in [5.41, 5.74) is 6.42. The van der Waals surface area contributed by atoms with E-state index in [0.29, 0.717) is 11.9 Å². The van der Waals surface area contributed by atoms with Crippen LogP contribution in [-0.2, 0) is 24.0 Å². The molecule has 0 radical (unpaired) electrons. The summed E-state index contributed by atoms with van der Waals surface area (Å²) in [6.07, 6.45) is 2.47. The number of nitrogen functional groups attached to an aromatic ring is 1. The number of rotatable bonds is 12. The van der Waals surface area contributed by atoms with E-state index in [1.807, 2.05) is 6.92 Å². The van der Waals surface area contributed by atoms with Gasteiger partial charge in [-0.25, -0.2) is 9.78 Å². The lowest BCUT2D eigenvalue weighted by Crippen LogP contribution is -2.49. The molecular weight excluding hydrogens is 472 g/mol. The second kappa shape index (κ2) is 14.2. The van der Waals surface area contributed by atoms with Crippen molar-refractivity contribution in [2.24, 2.45) is 0 Å². The molecule has 0 bridgehead atoms. The number of aldehydes is 1. The first-order valence-corrected chi connectivity index (χ1v) is 10.5. The Morgan fingerprint density at radius 2 is 1.91 bits per heavy atom. The molecule has 186 valence electrons. The fourth-order valence-electron chi connectivity index (χ4n) is 2.36. The number of nitrogens with two attached hydrogens (primary N) is 1. The maximum Gasteiger partial charge on any atom is 0.326 e. The third-order valence-electron chi connectivity index (χ3n) is 3.99. The summed E-state index contributed by atoms with van der Waals surface area (Å²) in [7, 11) is 0. The molecule has 0 saturated carbocycles. The lowest BCUT2D eigenvalue weighted by Gasteiger charge is -2.17. The highest BCUT2D eigenvalue weighted by molar-refractivity contribution is 7.80. The molecule has 0 fully saturated rings. The molecule has 0 aliphatic rings. The lowest BCUT2D eigenvalue weighted by atomic mass is 10.1. The SMILES string of the molecule is CCC=O.Nc1nc(N[C@@H](CCC(=O)N[C@@H](CS)C(=O)NCC(=O)O)C(=O)O)nc2nc[nH]c12. The van der Waals surface area contributed by atoms with Crippen molar-refractivity contribution in [3.63, 3.8) is 0 Å². The molecular formula is C18H26N8O7S. The molecule has 0 aliphatic heterocycles. The van der Waals surface area contributed by atoms with Gasteiger partial charge < -0.3 is 41.7 Å². The topological polar surface area (TPSA) is 242 Å². The number of hydrogen-bond donors (Lipinski definition) is 8. The number of imidazole rings is 1. The number of aromatic nitrogens is 4. The summed E-state index contributed by atoms with van der Waals surface area (Å²) in [5.74, 6) is -3.89. The van der Waals surface area contributed by atoms with E-state index in [1.54, 1.807) is 0 Å². The zero-order chi connectivity index (χ0) is 25.7. The van der Waals surface area contributed by atoms with Gasteiger partial charge in [0.2, 0.25) is 17.8 Å². The number of carboxylic acids is 2. The van der Waals surface area contributed by atoms with E-state index in [0.717, 1.165) is 6.29 Å². The van der Waals surface area contributed by atoms with Crippen LogP contribution in [0.5, 0.6) is 0 Å². The van der Waals surface area contributed by atoms with Crippen molar-refractivity contribution in [2.45, 2.75) is 38.3 Å². The van der Waals surface area contributed by atoms with Crippen molar-refractivity contribution in [2.75, 3.05) is 23.3 Å². The zero-order valence-electron chi connectivity index (χ0n) is 18.1. The maximum atomic E-state index is 12.1. The highest BCUT2D eigenvalue weighted by Crippen LogP contribution is 2.16. The van der Waals surface area contributed by atoms with Crippen molar-refractivity contribution < 1.29 is 34.2 Å². The summed E-state index contributed by atoms with van der Waals surface area (Å²) in [5, 5.41) is 25.0. The van der Waals surface area contributed by atoms with Gasteiger partial charge in [0, 0.05) is 18.6 Å². The number of carboxylic acid groups (broad SMARTS) is 2. The van der Waals surface area contributed by atoms with Crippen LogP contribution in [0.3, 0.4) is 0 Å². The number of carbonyl (C=O) groups excluding carboxylic acids is 3. The molecule has 2 heterocycles. The van der Waals surface area contributed by atoms with E-state index in [4.69, 9.17) is 10.8 Å². The van der Waals surface area contributed by atoms with Crippen LogP contribution in [0, 0.1) is 0 Å². The molecule has 2 aromatic rings. The molecule has 0 aromatic carbocycles. The molecule has 0 unspecified atom stereocenters. The van der Waals surface area contributed by atoms with Crippen LogP contribution >= 0.6 is 12.6 Å². The number of amides is 2. The lowest BCUT2D eigenvalue weighted by molar-refractivity contribution is -0.138. The van der Waals surface area contributed by atoms with Crippen molar-refractivity contribution in [1.29, 1.82) is 0 Å². The first-order valence-electron chi connectivity index (χ1n) is 9.92. The van der Waals surface area contributed by atoms with E-state index in [9.17, 15) is 29.1 Å². The van der Waals surface area contributed by atoms with Crippen LogP contribution in [0.1, 0.15) is 26.2 Å². The number of H-pyrrole nitrogens is 1. The fourth-order valence-corrected chi connectivity index (χ4v) is 2.61. The second-order valence-electron chi connectivity index (χ2n) is 6.60. The number of thiol groups is 1. The summed E-state index contributed by atoms with van der Waals surface area (Å²) in [6.45, 7) is 1.21. The van der Waals surface area contributed by atoms with Crippen LogP contribution in [-0.4, -0.2) is 84.6 Å². The first kappa shape index (κ1) is 28.1. The molecule has 34 heavy (non-hydrogen) atoms. The van der Waals surface area contributed by atoms with Gasteiger partial charge in [-0.2, -0.15) is 22.6 Å². The molecule has 16 heteroatoms. The zero-order valence-corrected chi connectivity index (χ0v) is 19.0. The molecule has 0 spiro atoms. The molecule has 2 rings (SSSR count). The van der Waals surface area contributed by atoms with Crippen LogP contribution < -0.4 is 21.7 Å². The van der Waals surface area contributed by atoms with Gasteiger partial charge in [0.1, 0.15) is 30.4 Å². The number of nitrogens with one attached hydrogen (secondary N) is 4. The Bertz CT molecular complexity index is 1020. The number of carbonyl (C=O) groups is 5. The van der Waals surface area contributed by atoms with E-state index in [2.05, 4.69) is 48.5 Å². The summed E-state index contributed by atoms with van der Waals surface area (Å²) >= 11 is 3.95. The third kappa shape index (κ3) is 9.27. The van der Waals surface area contributed by atoms with Gasteiger partial charge in [-0.15, -0.1) is 0 Å². The highest BCUT2D eigenvalue weighted by Gasteiger charge is 2.23. The Kier molecular flexibility index (Phi) is 11.8. The summed E-state index contributed by atoms with van der Waals surface area (Å²) in [6, 6.07) is -2.29. The van der Waals surface area contributed by atoms with Crippen molar-refractivity contribution in [3.8, 4) is 0 Å². The minimum absolute atomic E-state index is 0.0683. The Labute approximate surface area is 198 Å². The highest BCUT2D eigenvalue weighted by atomic mass is 32.1. The molecule has 15 nitrogen and oxygen atoms in total. The number of nitrogens with zero attached hydrogens (tertiary/aromatic N) is 3. The summed E-state index contributed by atoms with van der Waals surface area (Å²) < 4.78 is 0. The normalized spacial score (nSPS) is 11.9. The maximum absolute atomic E-state index is 12.1. The standard InChI is InChI=1S/C15H20N8O6S.C3H6O/c16-11-10-12(19-5-18-10)23-15(22-11)21-6(14(28)29)1-2-8(24)20-7(4-30)13(27)17-3-9(25)26;1-2-3-4/h5-7,30H,1-4H2,(H,17,27)(H,20,24)(H,25,26)(H,28,29)(H4,16,18,19,21,22,23);3H,2H2,1H3/t6-,7-;/m0./s1. The average Bonchev–Trinajstić information content (AvgIpc) is 3.27. The molecule has 0 saturated heterocycles. The van der Waals surface area contributed by atoms with Gasteiger partial charge in [0.15, 0.2) is 11.5 Å². The third-order valence-corrected chi connectivity index (χ3v) is 4.36. The number of hydrogen-bond acceptors (Lipinski definition) is 11. The quantitative estimate of drug-likeness (QED) is 0.127. The van der Waals surface area contributed by atoms with E-state index in [-0.39, 0.29) is 36.0 Å². The van der Waals surface area contributed by atoms with Gasteiger partial charge in [0.25, 0.3) is 0 Å². The largest absolute Gasteiger partial charge is 0.480 e. The Morgan fingerprint density at radius 1 is 1.24 bits per heavy atom. The van der Waals surface area contributed by atoms with E-state index >= 15 is 0 Å². The van der Waals surface area contributed by atoms with Crippen molar-refractivity contribution in [3.05, 3.63) is 6.33 Å². The molecule has 0 aliphatic carbocycles. The Hall–Kier alpha value is -3.95. The monoisotopic (exact) mass is 498 g/mol. The average molecular weight is 499 g/mol. The fraction of sp³-hybridized carbons (Fsp3) is 0.444. The predicted octanol–water partition coefficient (Wildman–Crippen LogP) is -1.21. The number of aromatic amines is 1. The number of fused-ring (bicyclic) bond motifs is 1. The van der Waals surface area contributed by atoms with E-state index in [1.165, 1.54) is 6.33 Å². The van der Waals surface area contributed by atoms with Crippen LogP contribution in [0.4, 0.5) is 11.8 Å². The first-order chi connectivity index (χ1) is 16.1. The van der Waals surface area contributed by atoms with Gasteiger partial charge in [-0.3, -0.25) is 14.4 Å². The van der Waals surface area contributed by atoms with Crippen molar-refractivity contribution >= 4 is 65.6 Å². The van der Waals surface area contributed by atoms with Crippen LogP contribution in [0.2, 0.25) is 0 Å². The molecule has 8 N–H and O–H groups in total. The predicted molar refractivity (Wildman–Crippen MR) is 123 cm³/mol. The van der Waals surface area contributed by atoms with Crippen molar-refractivity contribution in [1.82, 2.24) is 30.6 Å². The summed E-state index contributed by atoms with van der Waals surface area (Å²) in [4.78, 5) is 69.8. The van der Waals surface area contributed by atoms with Gasteiger partial charge in [-0.1, -0.05) is 6.92 Å². The molecule has 2 amide bonds. The Balaban J connectivity index is 0.00000133. The van der Waals surface area contributed by atoms with E-state index < -0.39 is 42.4 Å². The smallest absolute Gasteiger partial charge is 0.326 e. The number of aliphatic carboxylic acids is 2. The molecule has 2 aromatic heterocycles. The minimum Gasteiger partial charge on any atom is -0.480 e. The molecule has 2 atom stereocenters. The van der Waals surface area contributed by atoms with Crippen LogP contribution in [0.15, 0.2) is 6.33 Å². The Morgan fingerprint density at radius 3 is 2.47 bits per heavy atom. The number of anilines is 2. The minimum atomic E-state index is -1.25. The van der Waals surface area contributed by atoms with Gasteiger partial charge in [-0.05, 0) is 6.42 Å². The van der Waals surface area contributed by atoms with Crippen LogP contribution in [0.25, 0.3) is 11.2 Å². The second-order valence-corrected chi connectivity index (χ2v) is 6.96. The van der Waals surface area contributed by atoms with Gasteiger partial charge >= 0.3 is 11.9 Å².